The molecule has 0 saturated heterocycles. The van der Waals surface area contributed by atoms with Gasteiger partial charge in [-0.1, -0.05) is 109 Å². The summed E-state index contributed by atoms with van der Waals surface area (Å²) in [6, 6.07) is 33.5. The second-order valence-corrected chi connectivity index (χ2v) is 12.0. The molecule has 0 bridgehead atoms. The van der Waals surface area contributed by atoms with Gasteiger partial charge in [-0.25, -0.2) is 0 Å². The Hall–Kier alpha value is -3.25. The minimum Gasteiger partial charge on any atom is -0.376 e. The van der Waals surface area contributed by atoms with E-state index in [2.05, 4.69) is 30.3 Å². The normalized spacial score (nSPS) is 19.0. The number of halogens is 1. The molecule has 42 heavy (non-hydrogen) atoms. The van der Waals surface area contributed by atoms with Gasteiger partial charge in [-0.3, -0.25) is 0 Å². The minimum atomic E-state index is -2.22. The molecule has 2 atom stereocenters. The van der Waals surface area contributed by atoms with Crippen molar-refractivity contribution < 1.29 is 19.7 Å². The second-order valence-electron chi connectivity index (χ2n) is 11.6. The molecule has 0 heterocycles. The maximum absolute atomic E-state index is 11.4. The summed E-state index contributed by atoms with van der Waals surface area (Å²) in [5, 5.41) is 23.0. The molecular formula is C37H37ClO4. The van der Waals surface area contributed by atoms with E-state index in [1.54, 1.807) is 18.2 Å². The number of aliphatic hydroxyl groups is 2. The summed E-state index contributed by atoms with van der Waals surface area (Å²) in [4.78, 5) is 0. The molecule has 1 saturated carbocycles. The number of rotatable bonds is 11. The molecular weight excluding hydrogens is 544 g/mol. The van der Waals surface area contributed by atoms with Gasteiger partial charge in [0.05, 0.1) is 25.9 Å². The lowest BCUT2D eigenvalue weighted by atomic mass is 9.84. The molecule has 0 spiro atoms. The van der Waals surface area contributed by atoms with E-state index in [1.807, 2.05) is 60.7 Å². The molecule has 2 unspecified atom stereocenters. The predicted octanol–water partition coefficient (Wildman–Crippen LogP) is 8.00. The zero-order valence-corrected chi connectivity index (χ0v) is 24.4. The average Bonchev–Trinajstić information content (AvgIpc) is 3.87. The Bertz CT molecular complexity index is 1490. The number of hydrogen-bond donors (Lipinski definition) is 2. The summed E-state index contributed by atoms with van der Waals surface area (Å²) in [6.07, 6.45) is 6.20. The van der Waals surface area contributed by atoms with Gasteiger partial charge in [0.25, 0.3) is 0 Å². The van der Waals surface area contributed by atoms with E-state index in [0.29, 0.717) is 42.7 Å². The van der Waals surface area contributed by atoms with Crippen LogP contribution in [0.3, 0.4) is 0 Å². The van der Waals surface area contributed by atoms with Crippen LogP contribution in [0.5, 0.6) is 0 Å². The summed E-state index contributed by atoms with van der Waals surface area (Å²) < 4.78 is 12.6. The monoisotopic (exact) mass is 580 g/mol. The van der Waals surface area contributed by atoms with Crippen LogP contribution in [0.2, 0.25) is 5.02 Å². The number of ether oxygens (including phenoxy) is 2. The fourth-order valence-corrected chi connectivity index (χ4v) is 6.04. The molecule has 216 valence electrons. The van der Waals surface area contributed by atoms with Crippen molar-refractivity contribution in [3.8, 4) is 0 Å². The Morgan fingerprint density at radius 2 is 1.45 bits per heavy atom. The van der Waals surface area contributed by atoms with Crippen LogP contribution >= 0.6 is 11.6 Å². The maximum Gasteiger partial charge on any atom is 0.218 e. The van der Waals surface area contributed by atoms with Crippen molar-refractivity contribution in [3.63, 3.8) is 0 Å². The largest absolute Gasteiger partial charge is 0.376 e. The van der Waals surface area contributed by atoms with Crippen LogP contribution in [0.1, 0.15) is 65.0 Å². The first-order valence-electron chi connectivity index (χ1n) is 14.8. The molecule has 0 amide bonds. The lowest BCUT2D eigenvalue weighted by Crippen LogP contribution is -2.27. The highest BCUT2D eigenvalue weighted by atomic mass is 35.5. The third-order valence-corrected chi connectivity index (χ3v) is 8.63. The average molecular weight is 581 g/mol. The molecule has 2 aliphatic carbocycles. The fourth-order valence-electron chi connectivity index (χ4n) is 5.79. The number of benzene rings is 4. The van der Waals surface area contributed by atoms with Gasteiger partial charge in [-0.05, 0) is 71.6 Å². The van der Waals surface area contributed by atoms with E-state index in [9.17, 15) is 10.2 Å². The maximum atomic E-state index is 11.4. The predicted molar refractivity (Wildman–Crippen MR) is 167 cm³/mol. The summed E-state index contributed by atoms with van der Waals surface area (Å²) in [5.41, 5.74) is 6.18. The van der Waals surface area contributed by atoms with Gasteiger partial charge in [0, 0.05) is 22.1 Å². The summed E-state index contributed by atoms with van der Waals surface area (Å²) in [6.45, 7) is 1.66. The van der Waals surface area contributed by atoms with E-state index in [-0.39, 0.29) is 17.6 Å². The summed E-state index contributed by atoms with van der Waals surface area (Å²) in [5.74, 6) is -1.47. The highest BCUT2D eigenvalue weighted by Crippen LogP contribution is 2.42. The molecule has 4 aromatic rings. The molecule has 4 nitrogen and oxygen atoms in total. The fraction of sp³-hybridized carbons (Fsp3) is 0.297. The molecule has 2 aliphatic rings. The van der Waals surface area contributed by atoms with Crippen LogP contribution in [0.4, 0.5) is 0 Å². The van der Waals surface area contributed by atoms with Gasteiger partial charge in [0.1, 0.15) is 0 Å². The SMILES string of the molecule is OC(O)(c1ccc(C2CC2)cc1)c1cc(C2=CC(COCc3ccccc3)CC(OCc3ccccc3)C2)ccc1Cl. The Morgan fingerprint density at radius 3 is 2.12 bits per heavy atom. The van der Waals surface area contributed by atoms with E-state index < -0.39 is 5.79 Å². The van der Waals surface area contributed by atoms with Crippen molar-refractivity contribution in [3.05, 3.63) is 148 Å². The third kappa shape index (κ3) is 7.03. The highest BCUT2D eigenvalue weighted by molar-refractivity contribution is 6.31. The zero-order valence-electron chi connectivity index (χ0n) is 23.7. The molecule has 1 fully saturated rings. The molecule has 4 aromatic carbocycles. The Morgan fingerprint density at radius 1 is 0.786 bits per heavy atom. The highest BCUT2D eigenvalue weighted by Gasteiger charge is 2.33. The first-order valence-corrected chi connectivity index (χ1v) is 15.2. The zero-order chi connectivity index (χ0) is 28.9. The van der Waals surface area contributed by atoms with Crippen LogP contribution in [0.25, 0.3) is 5.57 Å². The van der Waals surface area contributed by atoms with E-state index in [4.69, 9.17) is 21.1 Å². The van der Waals surface area contributed by atoms with Crippen LogP contribution in [-0.2, 0) is 28.5 Å². The van der Waals surface area contributed by atoms with Gasteiger partial charge >= 0.3 is 0 Å². The van der Waals surface area contributed by atoms with Gasteiger partial charge in [0.15, 0.2) is 0 Å². The first-order chi connectivity index (χ1) is 20.5. The lowest BCUT2D eigenvalue weighted by Gasteiger charge is -2.30. The molecule has 0 radical (unpaired) electrons. The topological polar surface area (TPSA) is 58.9 Å². The Labute approximate surface area is 253 Å². The van der Waals surface area contributed by atoms with Crippen molar-refractivity contribution in [2.24, 2.45) is 5.92 Å². The van der Waals surface area contributed by atoms with Gasteiger partial charge < -0.3 is 19.7 Å². The Balaban J connectivity index is 1.23. The van der Waals surface area contributed by atoms with Crippen molar-refractivity contribution >= 4 is 17.2 Å². The third-order valence-electron chi connectivity index (χ3n) is 8.30. The van der Waals surface area contributed by atoms with Gasteiger partial charge in [-0.15, -0.1) is 0 Å². The van der Waals surface area contributed by atoms with Crippen LogP contribution in [-0.4, -0.2) is 22.9 Å². The van der Waals surface area contributed by atoms with Crippen LogP contribution in [0.15, 0.2) is 109 Å². The van der Waals surface area contributed by atoms with Gasteiger partial charge in [-0.2, -0.15) is 0 Å². The Kier molecular flexibility index (Phi) is 8.89. The van der Waals surface area contributed by atoms with Crippen molar-refractivity contribution in [2.45, 2.75) is 56.7 Å². The van der Waals surface area contributed by atoms with Crippen molar-refractivity contribution in [2.75, 3.05) is 6.61 Å². The molecule has 5 heteroatoms. The van der Waals surface area contributed by atoms with E-state index >= 15 is 0 Å². The summed E-state index contributed by atoms with van der Waals surface area (Å²) >= 11 is 6.58. The minimum absolute atomic E-state index is 0.00219. The van der Waals surface area contributed by atoms with Crippen LogP contribution in [0, 0.1) is 5.92 Å². The quantitative estimate of drug-likeness (QED) is 0.176. The van der Waals surface area contributed by atoms with E-state index in [0.717, 1.165) is 28.7 Å². The molecule has 0 aliphatic heterocycles. The van der Waals surface area contributed by atoms with Crippen molar-refractivity contribution in [1.82, 2.24) is 0 Å². The lowest BCUT2D eigenvalue weighted by molar-refractivity contribution is -0.132. The second kappa shape index (κ2) is 12.9. The van der Waals surface area contributed by atoms with Gasteiger partial charge in [0.2, 0.25) is 5.79 Å². The van der Waals surface area contributed by atoms with Crippen molar-refractivity contribution in [1.29, 1.82) is 0 Å². The standard InChI is InChI=1S/C37H37ClO4/c38-36-18-15-31(22-35(36)37(39,40)33-16-13-30(14-17-33)29-11-12-29)32-19-28(24-41-23-26-7-3-1-4-8-26)20-34(21-32)42-25-27-9-5-2-6-10-27/h1-10,13-19,22,28-29,34,39-40H,11-12,20-21,23-25H2. The van der Waals surface area contributed by atoms with Crippen LogP contribution < -0.4 is 0 Å². The van der Waals surface area contributed by atoms with E-state index in [1.165, 1.54) is 18.4 Å². The molecule has 6 rings (SSSR count). The first kappa shape index (κ1) is 28.9. The molecule has 0 aromatic heterocycles. The summed E-state index contributed by atoms with van der Waals surface area (Å²) in [7, 11) is 0. The number of hydrogen-bond acceptors (Lipinski definition) is 4. The molecule has 2 N–H and O–H groups in total. The smallest absolute Gasteiger partial charge is 0.218 e.